The van der Waals surface area contributed by atoms with Crippen molar-refractivity contribution in [2.45, 2.75) is 30.8 Å². The van der Waals surface area contributed by atoms with Gasteiger partial charge < -0.3 is 5.32 Å². The number of hydrogen-bond donors (Lipinski definition) is 1. The molecule has 1 aromatic heterocycles. The van der Waals surface area contributed by atoms with E-state index in [1.54, 1.807) is 35.0 Å². The number of amides is 2. The van der Waals surface area contributed by atoms with Gasteiger partial charge in [-0.3, -0.25) is 19.5 Å². The third-order valence-corrected chi connectivity index (χ3v) is 6.00. The van der Waals surface area contributed by atoms with Crippen LogP contribution in [0.25, 0.3) is 0 Å². The summed E-state index contributed by atoms with van der Waals surface area (Å²) < 4.78 is 0. The van der Waals surface area contributed by atoms with Gasteiger partial charge in [0.15, 0.2) is 0 Å². The summed E-state index contributed by atoms with van der Waals surface area (Å²) >= 11 is 1.68. The maximum atomic E-state index is 13.1. The molecule has 0 spiro atoms. The lowest BCUT2D eigenvalue weighted by molar-refractivity contribution is -0.121. The smallest absolute Gasteiger partial charge is 0.260 e. The maximum Gasteiger partial charge on any atom is 0.260 e. The fourth-order valence-corrected chi connectivity index (χ4v) is 4.05. The van der Waals surface area contributed by atoms with Gasteiger partial charge in [-0.1, -0.05) is 29.8 Å². The van der Waals surface area contributed by atoms with Crippen LogP contribution in [0, 0.1) is 6.92 Å². The fourth-order valence-electron chi connectivity index (χ4n) is 3.64. The van der Waals surface area contributed by atoms with Crippen LogP contribution in [0.2, 0.25) is 0 Å². The summed E-state index contributed by atoms with van der Waals surface area (Å²) in [6, 6.07) is 19.0. The van der Waals surface area contributed by atoms with Gasteiger partial charge in [-0.05, 0) is 55.1 Å². The van der Waals surface area contributed by atoms with Crippen LogP contribution in [-0.4, -0.2) is 23.1 Å². The van der Waals surface area contributed by atoms with Crippen LogP contribution >= 0.6 is 11.8 Å². The van der Waals surface area contributed by atoms with Crippen molar-refractivity contribution in [3.63, 3.8) is 0 Å². The van der Waals surface area contributed by atoms with Crippen molar-refractivity contribution in [3.05, 3.63) is 89.2 Å². The number of nitrogens with zero attached hydrogens (tertiary/aromatic N) is 2. The third kappa shape index (κ3) is 4.09. The first-order valence-corrected chi connectivity index (χ1v) is 11.0. The number of carbonyl (C=O) groups is 2. The summed E-state index contributed by atoms with van der Waals surface area (Å²) in [5.74, 6) is -0.232. The number of anilines is 1. The molecule has 1 aliphatic heterocycles. The Labute approximate surface area is 180 Å². The molecule has 1 N–H and O–H groups in total. The average molecular weight is 418 g/mol. The molecule has 152 valence electrons. The highest BCUT2D eigenvalue weighted by Gasteiger charge is 2.39. The predicted molar refractivity (Wildman–Crippen MR) is 120 cm³/mol. The van der Waals surface area contributed by atoms with Crippen molar-refractivity contribution in [1.82, 2.24) is 10.3 Å². The van der Waals surface area contributed by atoms with Gasteiger partial charge in [0.25, 0.3) is 5.91 Å². The first kappa shape index (κ1) is 20.2. The first-order chi connectivity index (χ1) is 14.6. The lowest BCUT2D eigenvalue weighted by Crippen LogP contribution is -2.32. The monoisotopic (exact) mass is 417 g/mol. The molecule has 0 radical (unpaired) electrons. The minimum Gasteiger partial charge on any atom is -0.352 e. The zero-order chi connectivity index (χ0) is 21.1. The van der Waals surface area contributed by atoms with Crippen molar-refractivity contribution in [3.8, 4) is 0 Å². The number of aryl methyl sites for hydroxylation is 1. The SMILES string of the molecule is CSc1ccc(CNC(=O)CC2c3ncccc3C(=O)N2c2ccc(C)cc2)cc1. The zero-order valence-corrected chi connectivity index (χ0v) is 17.8. The minimum absolute atomic E-state index is 0.114. The van der Waals surface area contributed by atoms with Crippen LogP contribution in [0.15, 0.2) is 71.8 Å². The number of thioether (sulfide) groups is 1. The second kappa shape index (κ2) is 8.71. The van der Waals surface area contributed by atoms with Gasteiger partial charge in [0.05, 0.1) is 23.7 Å². The van der Waals surface area contributed by atoms with E-state index in [1.807, 2.05) is 61.7 Å². The van der Waals surface area contributed by atoms with Gasteiger partial charge in [0.2, 0.25) is 5.91 Å². The molecule has 2 heterocycles. The summed E-state index contributed by atoms with van der Waals surface area (Å²) in [6.45, 7) is 2.45. The van der Waals surface area contributed by atoms with E-state index in [4.69, 9.17) is 0 Å². The van der Waals surface area contributed by atoms with Crippen molar-refractivity contribution < 1.29 is 9.59 Å². The Bertz CT molecular complexity index is 1060. The minimum atomic E-state index is -0.421. The van der Waals surface area contributed by atoms with Gasteiger partial charge >= 0.3 is 0 Å². The number of fused-ring (bicyclic) bond motifs is 1. The highest BCUT2D eigenvalue weighted by Crippen LogP contribution is 2.38. The first-order valence-electron chi connectivity index (χ1n) is 9.81. The van der Waals surface area contributed by atoms with E-state index < -0.39 is 6.04 Å². The molecule has 1 aliphatic rings. The molecule has 0 bridgehead atoms. The molecule has 6 heteroatoms. The molecule has 1 atom stereocenters. The van der Waals surface area contributed by atoms with Gasteiger partial charge in [-0.25, -0.2) is 0 Å². The molecular formula is C24H23N3O2S. The summed E-state index contributed by atoms with van der Waals surface area (Å²) in [4.78, 5) is 33.1. The summed E-state index contributed by atoms with van der Waals surface area (Å²) in [5, 5.41) is 2.98. The van der Waals surface area contributed by atoms with Crippen LogP contribution in [0.5, 0.6) is 0 Å². The van der Waals surface area contributed by atoms with Crippen LogP contribution in [0.4, 0.5) is 5.69 Å². The summed E-state index contributed by atoms with van der Waals surface area (Å²) in [7, 11) is 0. The highest BCUT2D eigenvalue weighted by molar-refractivity contribution is 7.98. The molecule has 0 saturated heterocycles. The maximum absolute atomic E-state index is 13.1. The molecule has 4 rings (SSSR count). The molecule has 0 saturated carbocycles. The van der Waals surface area contributed by atoms with Crippen molar-refractivity contribution >= 4 is 29.3 Å². The summed E-state index contributed by atoms with van der Waals surface area (Å²) in [5.41, 5.74) is 4.14. The molecule has 0 fully saturated rings. The van der Waals surface area contributed by atoms with E-state index in [9.17, 15) is 9.59 Å². The number of aromatic nitrogens is 1. The van der Waals surface area contributed by atoms with E-state index >= 15 is 0 Å². The van der Waals surface area contributed by atoms with Crippen LogP contribution in [0.1, 0.15) is 39.6 Å². The molecule has 2 amide bonds. The van der Waals surface area contributed by atoms with E-state index in [1.165, 1.54) is 4.90 Å². The zero-order valence-electron chi connectivity index (χ0n) is 17.0. The quantitative estimate of drug-likeness (QED) is 0.599. The summed E-state index contributed by atoms with van der Waals surface area (Å²) in [6.07, 6.45) is 3.86. The van der Waals surface area contributed by atoms with Crippen molar-refractivity contribution in [1.29, 1.82) is 0 Å². The van der Waals surface area contributed by atoms with Crippen molar-refractivity contribution in [2.75, 3.05) is 11.2 Å². The lowest BCUT2D eigenvalue weighted by Gasteiger charge is -2.24. The van der Waals surface area contributed by atoms with Gasteiger partial charge in [0, 0.05) is 23.3 Å². The third-order valence-electron chi connectivity index (χ3n) is 5.25. The number of hydrogen-bond acceptors (Lipinski definition) is 4. The molecule has 1 unspecified atom stereocenters. The van der Waals surface area contributed by atoms with E-state index in [-0.39, 0.29) is 18.2 Å². The van der Waals surface area contributed by atoms with E-state index in [2.05, 4.69) is 10.3 Å². The normalized spacial score (nSPS) is 15.2. The molecule has 3 aromatic rings. The van der Waals surface area contributed by atoms with Gasteiger partial charge in [0.1, 0.15) is 0 Å². The molecular weight excluding hydrogens is 394 g/mol. The topological polar surface area (TPSA) is 62.3 Å². The highest BCUT2D eigenvalue weighted by atomic mass is 32.2. The van der Waals surface area contributed by atoms with Gasteiger partial charge in [-0.15, -0.1) is 11.8 Å². The Morgan fingerprint density at radius 1 is 1.10 bits per heavy atom. The largest absolute Gasteiger partial charge is 0.352 e. The fraction of sp³-hybridized carbons (Fsp3) is 0.208. The number of benzene rings is 2. The Hall–Kier alpha value is -3.12. The molecule has 2 aromatic carbocycles. The van der Waals surface area contributed by atoms with Crippen molar-refractivity contribution in [2.24, 2.45) is 0 Å². The van der Waals surface area contributed by atoms with Gasteiger partial charge in [-0.2, -0.15) is 0 Å². The van der Waals surface area contributed by atoms with Crippen LogP contribution in [-0.2, 0) is 11.3 Å². The Balaban J connectivity index is 1.52. The van der Waals surface area contributed by atoms with Crippen LogP contribution in [0.3, 0.4) is 0 Å². The number of rotatable bonds is 6. The second-order valence-corrected chi connectivity index (χ2v) is 8.17. The van der Waals surface area contributed by atoms with Crippen LogP contribution < -0.4 is 10.2 Å². The predicted octanol–water partition coefficient (Wildman–Crippen LogP) is 4.52. The Morgan fingerprint density at radius 3 is 2.53 bits per heavy atom. The molecule has 0 aliphatic carbocycles. The number of pyridine rings is 1. The Kier molecular flexibility index (Phi) is 5.86. The Morgan fingerprint density at radius 2 is 1.83 bits per heavy atom. The standard InChI is InChI=1S/C24H23N3O2S/c1-16-5-9-18(10-6-16)27-21(23-20(24(27)29)4-3-13-25-23)14-22(28)26-15-17-7-11-19(30-2)12-8-17/h3-13,21H,14-15H2,1-2H3,(H,26,28). The van der Waals surface area contributed by atoms with E-state index in [0.717, 1.165) is 16.8 Å². The average Bonchev–Trinajstić information content (AvgIpc) is 3.05. The number of carbonyl (C=O) groups excluding carboxylic acids is 2. The van der Waals surface area contributed by atoms with E-state index in [0.29, 0.717) is 17.8 Å². The lowest BCUT2D eigenvalue weighted by atomic mass is 10.1. The molecule has 30 heavy (non-hydrogen) atoms. The number of nitrogens with one attached hydrogen (secondary N) is 1. The second-order valence-electron chi connectivity index (χ2n) is 7.29. The molecule has 5 nitrogen and oxygen atoms in total.